The fraction of sp³-hybridized carbons (Fsp3) is 0.150. The van der Waals surface area contributed by atoms with Gasteiger partial charge >= 0.3 is 0 Å². The van der Waals surface area contributed by atoms with Crippen LogP contribution in [0.25, 0.3) is 0 Å². The Hall–Kier alpha value is -2.00. The van der Waals surface area contributed by atoms with E-state index >= 15 is 0 Å². The third-order valence-electron chi connectivity index (χ3n) is 4.07. The molecule has 146 valence electrons. The molecule has 1 atom stereocenters. The molecular weight excluding hydrogens is 460 g/mol. The number of nitrogens with one attached hydrogen (secondary N) is 2. The molecule has 0 bridgehead atoms. The summed E-state index contributed by atoms with van der Waals surface area (Å²) in [5.74, 6) is -0.411. The lowest BCUT2D eigenvalue weighted by molar-refractivity contribution is -0.123. The fourth-order valence-electron chi connectivity index (χ4n) is 2.57. The second kappa shape index (κ2) is 9.00. The van der Waals surface area contributed by atoms with E-state index in [1.165, 1.54) is 6.07 Å². The molecule has 0 saturated heterocycles. The average molecular weight is 479 g/mol. The summed E-state index contributed by atoms with van der Waals surface area (Å²) in [5, 5.41) is 2.82. The Morgan fingerprint density at radius 2 is 1.71 bits per heavy atom. The Morgan fingerprint density at radius 3 is 2.32 bits per heavy atom. The molecule has 0 saturated carbocycles. The molecule has 0 aliphatic heterocycles. The van der Waals surface area contributed by atoms with Gasteiger partial charge in [-0.05, 0) is 46.1 Å². The van der Waals surface area contributed by atoms with Gasteiger partial charge in [0, 0.05) is 6.54 Å². The first-order valence-corrected chi connectivity index (χ1v) is 11.6. The van der Waals surface area contributed by atoms with Gasteiger partial charge in [0.2, 0.25) is 5.91 Å². The van der Waals surface area contributed by atoms with Crippen molar-refractivity contribution in [1.82, 2.24) is 10.0 Å². The normalized spacial score (nSPS) is 12.5. The number of hydrogen-bond acceptors (Lipinski definition) is 4. The lowest BCUT2D eigenvalue weighted by Gasteiger charge is -2.18. The molecule has 1 amide bonds. The first-order valence-electron chi connectivity index (χ1n) is 8.51. The summed E-state index contributed by atoms with van der Waals surface area (Å²) < 4.78 is 28.9. The number of aryl methyl sites for hydroxylation is 1. The second-order valence-electron chi connectivity index (χ2n) is 6.23. The van der Waals surface area contributed by atoms with Crippen LogP contribution in [0.5, 0.6) is 0 Å². The van der Waals surface area contributed by atoms with Crippen LogP contribution in [0.1, 0.15) is 22.7 Å². The topological polar surface area (TPSA) is 75.3 Å². The zero-order valence-electron chi connectivity index (χ0n) is 15.1. The molecule has 3 aromatic rings. The minimum absolute atomic E-state index is 0.145. The maximum absolute atomic E-state index is 12.9. The highest BCUT2D eigenvalue weighted by atomic mass is 79.9. The average Bonchev–Trinajstić information content (AvgIpc) is 3.13. The first-order chi connectivity index (χ1) is 13.3. The fourth-order valence-corrected chi connectivity index (χ4v) is 5.78. The van der Waals surface area contributed by atoms with Crippen molar-refractivity contribution in [3.63, 3.8) is 0 Å². The van der Waals surface area contributed by atoms with Crippen molar-refractivity contribution < 1.29 is 13.2 Å². The lowest BCUT2D eigenvalue weighted by Crippen LogP contribution is -2.40. The summed E-state index contributed by atoms with van der Waals surface area (Å²) in [6.45, 7) is 2.31. The van der Waals surface area contributed by atoms with Crippen molar-refractivity contribution in [2.45, 2.75) is 23.7 Å². The number of carbonyl (C=O) groups is 1. The Morgan fingerprint density at radius 1 is 1.04 bits per heavy atom. The Kier molecular flexibility index (Phi) is 6.66. The molecule has 28 heavy (non-hydrogen) atoms. The number of rotatable bonds is 7. The van der Waals surface area contributed by atoms with Crippen molar-refractivity contribution in [2.24, 2.45) is 0 Å². The molecule has 2 N–H and O–H groups in total. The molecule has 5 nitrogen and oxygen atoms in total. The summed E-state index contributed by atoms with van der Waals surface area (Å²) in [6, 6.07) is 18.7. The minimum atomic E-state index is -3.84. The lowest BCUT2D eigenvalue weighted by atomic mass is 10.1. The third-order valence-corrected chi connectivity index (χ3v) is 7.61. The van der Waals surface area contributed by atoms with Crippen molar-refractivity contribution >= 4 is 43.2 Å². The molecule has 0 fully saturated rings. The van der Waals surface area contributed by atoms with E-state index in [1.807, 2.05) is 37.3 Å². The predicted molar refractivity (Wildman–Crippen MR) is 115 cm³/mol. The van der Waals surface area contributed by atoms with E-state index in [-0.39, 0.29) is 4.21 Å². The Bertz CT molecular complexity index is 1050. The zero-order chi connectivity index (χ0) is 20.1. The van der Waals surface area contributed by atoms with Crippen LogP contribution < -0.4 is 10.0 Å². The van der Waals surface area contributed by atoms with Crippen LogP contribution in [0, 0.1) is 6.92 Å². The zero-order valence-corrected chi connectivity index (χ0v) is 18.3. The first kappa shape index (κ1) is 20.7. The quantitative estimate of drug-likeness (QED) is 0.535. The highest BCUT2D eigenvalue weighted by Crippen LogP contribution is 2.27. The van der Waals surface area contributed by atoms with E-state index in [2.05, 4.69) is 26.0 Å². The van der Waals surface area contributed by atoms with E-state index in [0.29, 0.717) is 15.9 Å². The van der Waals surface area contributed by atoms with Crippen LogP contribution >= 0.6 is 27.3 Å². The molecule has 0 radical (unpaired) electrons. The monoisotopic (exact) mass is 478 g/mol. The smallest absolute Gasteiger partial charge is 0.251 e. The van der Waals surface area contributed by atoms with Gasteiger partial charge in [-0.1, -0.05) is 60.2 Å². The summed E-state index contributed by atoms with van der Waals surface area (Å²) in [7, 11) is -3.84. The summed E-state index contributed by atoms with van der Waals surface area (Å²) in [4.78, 5) is 12.9. The van der Waals surface area contributed by atoms with Crippen molar-refractivity contribution in [1.29, 1.82) is 0 Å². The SMILES string of the molecule is Cc1ccc(CNC(=O)[C@H](NS(=O)(=O)c2ccc(Br)s2)c2ccccc2)cc1. The van der Waals surface area contributed by atoms with Crippen molar-refractivity contribution in [3.8, 4) is 0 Å². The number of carbonyl (C=O) groups excluding carboxylic acids is 1. The van der Waals surface area contributed by atoms with Gasteiger partial charge in [-0.25, -0.2) is 8.42 Å². The Labute approximate surface area is 177 Å². The molecule has 1 aromatic heterocycles. The van der Waals surface area contributed by atoms with Gasteiger partial charge in [-0.15, -0.1) is 11.3 Å². The molecule has 0 spiro atoms. The number of halogens is 1. The number of benzene rings is 2. The van der Waals surface area contributed by atoms with Gasteiger partial charge in [0.25, 0.3) is 10.0 Å². The number of thiophene rings is 1. The Balaban J connectivity index is 1.80. The second-order valence-corrected chi connectivity index (χ2v) is 10.6. The van der Waals surface area contributed by atoms with Crippen LogP contribution in [-0.2, 0) is 21.4 Å². The molecular formula is C20H19BrN2O3S2. The molecule has 8 heteroatoms. The standard InChI is InChI=1S/C20H19BrN2O3S2/c1-14-7-9-15(10-8-14)13-22-20(24)19(16-5-3-2-4-6-16)23-28(25,26)18-12-11-17(21)27-18/h2-12,19,23H,13H2,1H3,(H,22,24)/t19-/m1/s1. The predicted octanol–water partition coefficient (Wildman–Crippen LogP) is 4.16. The van der Waals surface area contributed by atoms with Gasteiger partial charge in [-0.3, -0.25) is 4.79 Å². The van der Waals surface area contributed by atoms with E-state index in [0.717, 1.165) is 22.5 Å². The molecule has 0 aliphatic carbocycles. The van der Waals surface area contributed by atoms with Gasteiger partial charge in [0.05, 0.1) is 3.79 Å². The van der Waals surface area contributed by atoms with Gasteiger partial charge < -0.3 is 5.32 Å². The number of hydrogen-bond donors (Lipinski definition) is 2. The summed E-state index contributed by atoms with van der Waals surface area (Å²) in [5.41, 5.74) is 2.64. The van der Waals surface area contributed by atoms with E-state index in [9.17, 15) is 13.2 Å². The summed E-state index contributed by atoms with van der Waals surface area (Å²) in [6.07, 6.45) is 0. The highest BCUT2D eigenvalue weighted by molar-refractivity contribution is 9.11. The number of amides is 1. The van der Waals surface area contributed by atoms with Crippen LogP contribution in [0.15, 0.2) is 74.7 Å². The maximum atomic E-state index is 12.9. The van der Waals surface area contributed by atoms with Crippen LogP contribution in [0.4, 0.5) is 0 Å². The van der Waals surface area contributed by atoms with E-state index in [4.69, 9.17) is 0 Å². The maximum Gasteiger partial charge on any atom is 0.251 e. The van der Waals surface area contributed by atoms with Gasteiger partial charge in [0.1, 0.15) is 10.3 Å². The molecule has 0 aliphatic rings. The van der Waals surface area contributed by atoms with Gasteiger partial charge in [0.15, 0.2) is 0 Å². The molecule has 0 unspecified atom stereocenters. The molecule has 3 rings (SSSR count). The number of sulfonamides is 1. The molecule has 1 heterocycles. The third kappa shape index (κ3) is 5.29. The van der Waals surface area contributed by atoms with E-state index < -0.39 is 22.0 Å². The van der Waals surface area contributed by atoms with Gasteiger partial charge in [-0.2, -0.15) is 4.72 Å². The minimum Gasteiger partial charge on any atom is -0.350 e. The molecule has 2 aromatic carbocycles. The van der Waals surface area contributed by atoms with Crippen molar-refractivity contribution in [3.05, 3.63) is 87.2 Å². The van der Waals surface area contributed by atoms with Crippen LogP contribution in [0.3, 0.4) is 0 Å². The van der Waals surface area contributed by atoms with Crippen LogP contribution in [-0.4, -0.2) is 14.3 Å². The van der Waals surface area contributed by atoms with Crippen LogP contribution in [0.2, 0.25) is 0 Å². The largest absolute Gasteiger partial charge is 0.350 e. The summed E-state index contributed by atoms with van der Waals surface area (Å²) >= 11 is 4.36. The van der Waals surface area contributed by atoms with Crippen molar-refractivity contribution in [2.75, 3.05) is 0 Å². The van der Waals surface area contributed by atoms with E-state index in [1.54, 1.807) is 30.3 Å². The highest BCUT2D eigenvalue weighted by Gasteiger charge is 2.28.